The first-order valence-electron chi connectivity index (χ1n) is 5.70. The highest BCUT2D eigenvalue weighted by molar-refractivity contribution is 5.67. The summed E-state index contributed by atoms with van der Waals surface area (Å²) in [4.78, 5) is 13.2. The fourth-order valence-electron chi connectivity index (χ4n) is 2.54. The van der Waals surface area contributed by atoms with Gasteiger partial charge in [0.15, 0.2) is 0 Å². The zero-order valence-electron chi connectivity index (χ0n) is 9.49. The van der Waals surface area contributed by atoms with Crippen molar-refractivity contribution < 1.29 is 9.90 Å². The average molecular weight is 212 g/mol. The van der Waals surface area contributed by atoms with Gasteiger partial charge >= 0.3 is 5.97 Å². The van der Waals surface area contributed by atoms with Crippen LogP contribution in [0.1, 0.15) is 33.1 Å². The number of hydrogen-bond donors (Lipinski definition) is 2. The Morgan fingerprint density at radius 3 is 2.73 bits per heavy atom. The van der Waals surface area contributed by atoms with E-state index in [1.54, 1.807) is 0 Å². The first-order valence-corrected chi connectivity index (χ1v) is 5.70. The highest BCUT2D eigenvalue weighted by Crippen LogP contribution is 2.30. The number of piperazine rings is 1. The van der Waals surface area contributed by atoms with Crippen LogP contribution in [0.25, 0.3) is 0 Å². The Labute approximate surface area is 90.6 Å². The molecule has 1 saturated heterocycles. The lowest BCUT2D eigenvalue weighted by Crippen LogP contribution is -2.62. The van der Waals surface area contributed by atoms with Gasteiger partial charge in [0, 0.05) is 30.7 Å². The molecule has 1 heterocycles. The topological polar surface area (TPSA) is 52.6 Å². The molecule has 2 fully saturated rings. The number of carboxylic acid groups (broad SMARTS) is 1. The van der Waals surface area contributed by atoms with Crippen LogP contribution >= 0.6 is 0 Å². The normalized spacial score (nSPS) is 31.5. The molecular weight excluding hydrogens is 192 g/mol. The van der Waals surface area contributed by atoms with Crippen LogP contribution in [0.2, 0.25) is 0 Å². The van der Waals surface area contributed by atoms with Gasteiger partial charge in [-0.3, -0.25) is 9.69 Å². The van der Waals surface area contributed by atoms with Gasteiger partial charge in [0.25, 0.3) is 0 Å². The maximum atomic E-state index is 10.7. The minimum absolute atomic E-state index is 0.0426. The lowest BCUT2D eigenvalue weighted by Gasteiger charge is -2.43. The molecule has 1 aliphatic carbocycles. The quantitative estimate of drug-likeness (QED) is 0.722. The number of nitrogens with zero attached hydrogens (tertiary/aromatic N) is 1. The zero-order chi connectivity index (χ0) is 11.1. The molecule has 2 rings (SSSR count). The Bertz CT molecular complexity index is 261. The van der Waals surface area contributed by atoms with Crippen molar-refractivity contribution in [2.75, 3.05) is 13.1 Å². The highest BCUT2D eigenvalue weighted by atomic mass is 16.4. The van der Waals surface area contributed by atoms with Gasteiger partial charge in [0.05, 0.1) is 6.42 Å². The fourth-order valence-corrected chi connectivity index (χ4v) is 2.54. The monoisotopic (exact) mass is 212 g/mol. The van der Waals surface area contributed by atoms with Crippen molar-refractivity contribution >= 4 is 5.97 Å². The van der Waals surface area contributed by atoms with Crippen LogP contribution in [0.15, 0.2) is 0 Å². The Balaban J connectivity index is 1.97. The van der Waals surface area contributed by atoms with Crippen molar-refractivity contribution in [3.63, 3.8) is 0 Å². The molecule has 1 atom stereocenters. The number of hydrogen-bond acceptors (Lipinski definition) is 3. The fraction of sp³-hybridized carbons (Fsp3) is 0.909. The molecule has 0 radical (unpaired) electrons. The van der Waals surface area contributed by atoms with Crippen molar-refractivity contribution in [3.8, 4) is 0 Å². The molecule has 1 aliphatic heterocycles. The van der Waals surface area contributed by atoms with E-state index in [2.05, 4.69) is 24.1 Å². The standard InChI is InChI=1S/C11H20N2O2/c1-11(2)7-13(9-3-4-9)6-8(12-11)5-10(14)15/h8-9,12H,3-7H2,1-2H3,(H,14,15). The van der Waals surface area contributed by atoms with E-state index in [0.29, 0.717) is 0 Å². The van der Waals surface area contributed by atoms with Gasteiger partial charge in [-0.2, -0.15) is 0 Å². The molecule has 2 aliphatic rings. The molecule has 0 amide bonds. The van der Waals surface area contributed by atoms with Gasteiger partial charge in [-0.15, -0.1) is 0 Å². The third-order valence-corrected chi connectivity index (χ3v) is 3.13. The van der Waals surface area contributed by atoms with Crippen molar-refractivity contribution in [3.05, 3.63) is 0 Å². The van der Waals surface area contributed by atoms with E-state index in [-0.39, 0.29) is 18.0 Å². The molecule has 0 aromatic heterocycles. The van der Waals surface area contributed by atoms with E-state index in [4.69, 9.17) is 5.11 Å². The zero-order valence-corrected chi connectivity index (χ0v) is 9.49. The lowest BCUT2D eigenvalue weighted by molar-refractivity contribution is -0.138. The molecule has 1 unspecified atom stereocenters. The van der Waals surface area contributed by atoms with Crippen LogP contribution in [0.5, 0.6) is 0 Å². The number of rotatable bonds is 3. The van der Waals surface area contributed by atoms with E-state index >= 15 is 0 Å². The van der Waals surface area contributed by atoms with E-state index in [0.717, 1.165) is 19.1 Å². The Hall–Kier alpha value is -0.610. The SMILES string of the molecule is CC1(C)CN(C2CC2)CC(CC(=O)O)N1. The molecule has 0 bridgehead atoms. The first kappa shape index (κ1) is 10.9. The molecule has 2 N–H and O–H groups in total. The van der Waals surface area contributed by atoms with Crippen molar-refractivity contribution in [2.24, 2.45) is 0 Å². The van der Waals surface area contributed by atoms with Crippen LogP contribution in [0, 0.1) is 0 Å². The van der Waals surface area contributed by atoms with E-state index in [9.17, 15) is 4.79 Å². The molecule has 0 aromatic rings. The molecule has 0 aromatic carbocycles. The maximum absolute atomic E-state index is 10.7. The van der Waals surface area contributed by atoms with Crippen molar-refractivity contribution in [1.29, 1.82) is 0 Å². The van der Waals surface area contributed by atoms with Gasteiger partial charge in [-0.25, -0.2) is 0 Å². The molecule has 4 nitrogen and oxygen atoms in total. The third kappa shape index (κ3) is 2.92. The van der Waals surface area contributed by atoms with Gasteiger partial charge in [-0.05, 0) is 26.7 Å². The van der Waals surface area contributed by atoms with Crippen LogP contribution < -0.4 is 5.32 Å². The van der Waals surface area contributed by atoms with Crippen LogP contribution in [0.4, 0.5) is 0 Å². The summed E-state index contributed by atoms with van der Waals surface area (Å²) in [6.07, 6.45) is 2.80. The van der Waals surface area contributed by atoms with Crippen LogP contribution in [-0.4, -0.2) is 46.7 Å². The molecular formula is C11H20N2O2. The predicted octanol–water partition coefficient (Wildman–Crippen LogP) is 0.676. The van der Waals surface area contributed by atoms with E-state index in [1.807, 2.05) is 0 Å². The largest absolute Gasteiger partial charge is 0.481 e. The van der Waals surface area contributed by atoms with Gasteiger partial charge in [0.2, 0.25) is 0 Å². The minimum Gasteiger partial charge on any atom is -0.481 e. The summed E-state index contributed by atoms with van der Waals surface area (Å²) in [6.45, 7) is 6.22. The molecule has 1 saturated carbocycles. The lowest BCUT2D eigenvalue weighted by atomic mass is 9.97. The van der Waals surface area contributed by atoms with Gasteiger partial charge < -0.3 is 10.4 Å². The van der Waals surface area contributed by atoms with Gasteiger partial charge in [0.1, 0.15) is 0 Å². The summed E-state index contributed by atoms with van der Waals surface area (Å²) in [5, 5.41) is 12.2. The summed E-state index contributed by atoms with van der Waals surface area (Å²) in [6, 6.07) is 0.828. The summed E-state index contributed by atoms with van der Waals surface area (Å²) in [5.74, 6) is -0.707. The predicted molar refractivity (Wildman–Crippen MR) is 57.9 cm³/mol. The molecule has 15 heavy (non-hydrogen) atoms. The minimum atomic E-state index is -0.707. The Morgan fingerprint density at radius 2 is 2.20 bits per heavy atom. The molecule has 0 spiro atoms. The van der Waals surface area contributed by atoms with Crippen molar-refractivity contribution in [2.45, 2.75) is 50.7 Å². The van der Waals surface area contributed by atoms with E-state index < -0.39 is 5.97 Å². The van der Waals surface area contributed by atoms with Crippen LogP contribution in [0.3, 0.4) is 0 Å². The molecule has 86 valence electrons. The highest BCUT2D eigenvalue weighted by Gasteiger charge is 2.39. The van der Waals surface area contributed by atoms with E-state index in [1.165, 1.54) is 12.8 Å². The third-order valence-electron chi connectivity index (χ3n) is 3.13. The summed E-state index contributed by atoms with van der Waals surface area (Å²) >= 11 is 0. The summed E-state index contributed by atoms with van der Waals surface area (Å²) < 4.78 is 0. The summed E-state index contributed by atoms with van der Waals surface area (Å²) in [7, 11) is 0. The van der Waals surface area contributed by atoms with Gasteiger partial charge in [-0.1, -0.05) is 0 Å². The second-order valence-corrected chi connectivity index (χ2v) is 5.48. The number of carbonyl (C=O) groups is 1. The van der Waals surface area contributed by atoms with Crippen molar-refractivity contribution in [1.82, 2.24) is 10.2 Å². The number of carboxylic acids is 1. The van der Waals surface area contributed by atoms with Crippen LogP contribution in [-0.2, 0) is 4.79 Å². The Kier molecular flexibility index (Phi) is 2.73. The molecule has 4 heteroatoms. The number of aliphatic carboxylic acids is 1. The summed E-state index contributed by atoms with van der Waals surface area (Å²) in [5.41, 5.74) is 0.0426. The first-order chi connectivity index (χ1) is 6.96. The average Bonchev–Trinajstić information content (AvgIpc) is 2.80. The second-order valence-electron chi connectivity index (χ2n) is 5.48. The second kappa shape index (κ2) is 3.76. The maximum Gasteiger partial charge on any atom is 0.304 e. The number of nitrogens with one attached hydrogen (secondary N) is 1. The Morgan fingerprint density at radius 1 is 1.53 bits per heavy atom. The smallest absolute Gasteiger partial charge is 0.304 e.